The Morgan fingerprint density at radius 1 is 1.16 bits per heavy atom. The van der Waals surface area contributed by atoms with E-state index in [0.717, 1.165) is 42.8 Å². The average Bonchev–Trinajstić information content (AvgIpc) is 3.04. The van der Waals surface area contributed by atoms with Crippen molar-refractivity contribution in [2.75, 3.05) is 0 Å². The van der Waals surface area contributed by atoms with E-state index in [1.54, 1.807) is 0 Å². The van der Waals surface area contributed by atoms with Crippen molar-refractivity contribution < 1.29 is 4.52 Å². The zero-order valence-corrected chi connectivity index (χ0v) is 12.5. The number of aromatic nitrogens is 2. The third-order valence-corrected chi connectivity index (χ3v) is 6.53. The molecule has 3 aliphatic rings. The van der Waals surface area contributed by atoms with E-state index in [1.165, 1.54) is 12.8 Å². The van der Waals surface area contributed by atoms with Crippen molar-refractivity contribution in [2.24, 2.45) is 23.7 Å². The van der Waals surface area contributed by atoms with Crippen LogP contribution in [0.4, 0.5) is 0 Å². The van der Waals surface area contributed by atoms with E-state index in [0.29, 0.717) is 17.8 Å². The first-order valence-corrected chi connectivity index (χ1v) is 8.08. The molecule has 3 nitrogen and oxygen atoms in total. The van der Waals surface area contributed by atoms with Crippen molar-refractivity contribution in [1.29, 1.82) is 0 Å². The van der Waals surface area contributed by atoms with Gasteiger partial charge in [0, 0.05) is 12.3 Å². The molecule has 3 aliphatic carbocycles. The van der Waals surface area contributed by atoms with Gasteiger partial charge in [0.15, 0.2) is 5.82 Å². The number of hydrogen-bond donors (Lipinski definition) is 0. The van der Waals surface area contributed by atoms with Crippen LogP contribution in [-0.2, 0) is 6.42 Å². The second kappa shape index (κ2) is 4.11. The van der Waals surface area contributed by atoms with E-state index in [2.05, 4.69) is 17.1 Å². The molecule has 1 aromatic heterocycles. The molecule has 0 aromatic carbocycles. The smallest absolute Gasteiger partial charge is 0.230 e. The number of nitrogens with zero attached hydrogens (tertiary/aromatic N) is 2. The van der Waals surface area contributed by atoms with Crippen LogP contribution in [0.1, 0.15) is 50.2 Å². The lowest BCUT2D eigenvalue weighted by atomic mass is 10.0. The third-order valence-electron chi connectivity index (χ3n) is 5.40. The van der Waals surface area contributed by atoms with Crippen molar-refractivity contribution >= 4 is 23.2 Å². The lowest BCUT2D eigenvalue weighted by Gasteiger charge is -2.03. The van der Waals surface area contributed by atoms with Crippen LogP contribution in [0, 0.1) is 23.7 Å². The molecule has 19 heavy (non-hydrogen) atoms. The fraction of sp³-hybridized carbons (Fsp3) is 0.857. The summed E-state index contributed by atoms with van der Waals surface area (Å²) >= 11 is 12.6. The summed E-state index contributed by atoms with van der Waals surface area (Å²) in [7, 11) is 0. The molecule has 5 heteroatoms. The zero-order chi connectivity index (χ0) is 13.2. The first-order chi connectivity index (χ1) is 9.13. The van der Waals surface area contributed by atoms with Crippen LogP contribution in [0.25, 0.3) is 0 Å². The molecule has 0 N–H and O–H groups in total. The number of aryl methyl sites for hydroxylation is 1. The van der Waals surface area contributed by atoms with Crippen LogP contribution >= 0.6 is 23.2 Å². The van der Waals surface area contributed by atoms with Crippen LogP contribution in [-0.4, -0.2) is 14.5 Å². The van der Waals surface area contributed by atoms with Crippen molar-refractivity contribution in [3.63, 3.8) is 0 Å². The highest BCUT2D eigenvalue weighted by Crippen LogP contribution is 2.69. The van der Waals surface area contributed by atoms with Gasteiger partial charge in [0.05, 0.1) is 0 Å². The maximum atomic E-state index is 6.32. The molecule has 0 amide bonds. The molecule has 0 radical (unpaired) electrons. The van der Waals surface area contributed by atoms with Gasteiger partial charge in [0.2, 0.25) is 5.89 Å². The molecule has 0 saturated heterocycles. The summed E-state index contributed by atoms with van der Waals surface area (Å²) in [4.78, 5) is 4.51. The van der Waals surface area contributed by atoms with Gasteiger partial charge in [0.1, 0.15) is 4.33 Å². The van der Waals surface area contributed by atoms with Gasteiger partial charge >= 0.3 is 0 Å². The summed E-state index contributed by atoms with van der Waals surface area (Å²) in [5.41, 5.74) is 0. The number of fused-ring (bicyclic) bond motifs is 2. The quantitative estimate of drug-likeness (QED) is 0.776. The summed E-state index contributed by atoms with van der Waals surface area (Å²) in [5.74, 6) is 4.68. The monoisotopic (exact) mass is 300 g/mol. The molecule has 0 unspecified atom stereocenters. The molecule has 0 aliphatic heterocycles. The van der Waals surface area contributed by atoms with Crippen molar-refractivity contribution in [1.82, 2.24) is 10.1 Å². The van der Waals surface area contributed by atoms with Crippen LogP contribution in [0.2, 0.25) is 0 Å². The maximum Gasteiger partial charge on any atom is 0.230 e. The molecule has 3 saturated carbocycles. The topological polar surface area (TPSA) is 38.9 Å². The Bertz CT molecular complexity index is 479. The minimum atomic E-state index is -0.424. The molecule has 104 valence electrons. The fourth-order valence-corrected chi connectivity index (χ4v) is 5.06. The van der Waals surface area contributed by atoms with Gasteiger partial charge < -0.3 is 4.52 Å². The molecule has 4 atom stereocenters. The molecule has 1 heterocycles. The summed E-state index contributed by atoms with van der Waals surface area (Å²) in [6.07, 6.45) is 5.58. The Balaban J connectivity index is 1.46. The Morgan fingerprint density at radius 2 is 1.79 bits per heavy atom. The Kier molecular flexibility index (Phi) is 2.69. The van der Waals surface area contributed by atoms with Crippen LogP contribution < -0.4 is 0 Å². The number of rotatable bonds is 2. The molecule has 0 bridgehead atoms. The highest BCUT2D eigenvalue weighted by molar-refractivity contribution is 6.51. The van der Waals surface area contributed by atoms with Gasteiger partial charge in [-0.25, -0.2) is 0 Å². The van der Waals surface area contributed by atoms with E-state index in [1.807, 2.05) is 0 Å². The summed E-state index contributed by atoms with van der Waals surface area (Å²) in [6, 6.07) is 0. The molecule has 1 aromatic rings. The predicted molar refractivity (Wildman–Crippen MR) is 73.3 cm³/mol. The molecular formula is C14H18Cl2N2O. The van der Waals surface area contributed by atoms with Crippen molar-refractivity contribution in [3.8, 4) is 0 Å². The summed E-state index contributed by atoms with van der Waals surface area (Å²) in [6.45, 7) is 2.05. The van der Waals surface area contributed by atoms with Gasteiger partial charge in [-0.05, 0) is 49.4 Å². The summed E-state index contributed by atoms with van der Waals surface area (Å²) in [5, 5.41) is 4.02. The van der Waals surface area contributed by atoms with Crippen LogP contribution in [0.15, 0.2) is 4.52 Å². The van der Waals surface area contributed by atoms with Crippen molar-refractivity contribution in [3.05, 3.63) is 11.7 Å². The van der Waals surface area contributed by atoms with Crippen LogP contribution in [0.5, 0.6) is 0 Å². The minimum Gasteiger partial charge on any atom is -0.339 e. The SMILES string of the molecule is CCc1noc(C2[C@@H]3CC[C@@H]4[C@@H](CC[C@@H]23)C4(Cl)Cl)n1. The zero-order valence-electron chi connectivity index (χ0n) is 11.0. The Hall–Kier alpha value is -0.280. The standard InChI is InChI=1S/C14H18Cl2N2O/c1-2-11-17-13(19-18-11)12-7-3-5-9-10(14(9,15)16)6-4-8(7)12/h7-10,12H,2-6H2,1H3/t7-,8-,9-,10-/m1/s1. The molecular weight excluding hydrogens is 283 g/mol. The average molecular weight is 301 g/mol. The van der Waals surface area contributed by atoms with Crippen LogP contribution in [0.3, 0.4) is 0 Å². The second-order valence-electron chi connectivity index (χ2n) is 6.30. The number of hydrogen-bond acceptors (Lipinski definition) is 3. The van der Waals surface area contributed by atoms with Gasteiger partial charge in [0.25, 0.3) is 0 Å². The van der Waals surface area contributed by atoms with E-state index < -0.39 is 4.33 Å². The second-order valence-corrected chi connectivity index (χ2v) is 7.74. The highest BCUT2D eigenvalue weighted by atomic mass is 35.5. The normalized spacial score (nSPS) is 42.8. The van der Waals surface area contributed by atoms with E-state index >= 15 is 0 Å². The predicted octanol–water partition coefficient (Wildman–Crippen LogP) is 3.96. The van der Waals surface area contributed by atoms with E-state index in [9.17, 15) is 0 Å². The Labute approximate surface area is 123 Å². The molecule has 4 rings (SSSR count). The first kappa shape index (κ1) is 12.5. The largest absolute Gasteiger partial charge is 0.339 e. The lowest BCUT2D eigenvalue weighted by molar-refractivity contribution is 0.366. The lowest BCUT2D eigenvalue weighted by Crippen LogP contribution is -1.93. The number of halogens is 2. The molecule has 3 fully saturated rings. The Morgan fingerprint density at radius 3 is 2.32 bits per heavy atom. The van der Waals surface area contributed by atoms with Gasteiger partial charge in [-0.15, -0.1) is 23.2 Å². The van der Waals surface area contributed by atoms with Gasteiger partial charge in [-0.3, -0.25) is 0 Å². The van der Waals surface area contributed by atoms with Gasteiger partial charge in [-0.1, -0.05) is 12.1 Å². The first-order valence-electron chi connectivity index (χ1n) is 7.33. The number of alkyl halides is 2. The maximum absolute atomic E-state index is 6.32. The third kappa shape index (κ3) is 1.84. The fourth-order valence-electron chi connectivity index (χ4n) is 4.14. The molecule has 0 spiro atoms. The summed E-state index contributed by atoms with van der Waals surface area (Å²) < 4.78 is 4.99. The van der Waals surface area contributed by atoms with E-state index in [-0.39, 0.29) is 0 Å². The minimum absolute atomic E-state index is 0.424. The van der Waals surface area contributed by atoms with Crippen molar-refractivity contribution in [2.45, 2.75) is 49.3 Å². The van der Waals surface area contributed by atoms with E-state index in [4.69, 9.17) is 27.7 Å². The highest BCUT2D eigenvalue weighted by Gasteiger charge is 2.65. The van der Waals surface area contributed by atoms with Gasteiger partial charge in [-0.2, -0.15) is 4.98 Å².